The number of benzene rings is 2. The number of nitrogens with zero attached hydrogens (tertiary/aromatic N) is 3. The van der Waals surface area contributed by atoms with Gasteiger partial charge in [-0.1, -0.05) is 78.0 Å². The van der Waals surface area contributed by atoms with Gasteiger partial charge in [0.15, 0.2) is 0 Å². The lowest BCUT2D eigenvalue weighted by atomic mass is 10.0. The van der Waals surface area contributed by atoms with Gasteiger partial charge in [0.1, 0.15) is 17.5 Å². The number of sulfonamides is 1. The Hall–Kier alpha value is -3.26. The molecule has 0 spiro atoms. The lowest BCUT2D eigenvalue weighted by Gasteiger charge is -2.30. The molecule has 0 fully saturated rings. The third-order valence-corrected chi connectivity index (χ3v) is 11.6. The van der Waals surface area contributed by atoms with Crippen LogP contribution in [0.1, 0.15) is 43.8 Å². The van der Waals surface area contributed by atoms with Crippen molar-refractivity contribution in [3.05, 3.63) is 82.2 Å². The summed E-state index contributed by atoms with van der Waals surface area (Å²) < 4.78 is 36.0. The van der Waals surface area contributed by atoms with Crippen molar-refractivity contribution in [1.82, 2.24) is 19.2 Å². The first-order valence-corrected chi connectivity index (χ1v) is 20.2. The van der Waals surface area contributed by atoms with Crippen molar-refractivity contribution in [3.8, 4) is 11.3 Å². The Bertz CT molecular complexity index is 1680. The van der Waals surface area contributed by atoms with Crippen LogP contribution in [0, 0.1) is 0 Å². The molecule has 236 valence electrons. The first-order chi connectivity index (χ1) is 20.5. The summed E-state index contributed by atoms with van der Waals surface area (Å²) >= 11 is 3.49. The van der Waals surface area contributed by atoms with Crippen molar-refractivity contribution in [2.45, 2.75) is 71.2 Å². The van der Waals surface area contributed by atoms with Gasteiger partial charge in [-0.3, -0.25) is 4.79 Å². The molecule has 1 aliphatic heterocycles. The van der Waals surface area contributed by atoms with Gasteiger partial charge in [-0.2, -0.15) is 0 Å². The minimum atomic E-state index is -4.05. The minimum absolute atomic E-state index is 0.0884. The van der Waals surface area contributed by atoms with Crippen molar-refractivity contribution in [2.24, 2.45) is 0 Å². The Balaban J connectivity index is 1.67. The first-order valence-electron chi connectivity index (χ1n) is 14.3. The summed E-state index contributed by atoms with van der Waals surface area (Å²) in [4.78, 5) is 29.2. The van der Waals surface area contributed by atoms with Crippen LogP contribution in [0.15, 0.2) is 65.3 Å². The van der Waals surface area contributed by atoms with Gasteiger partial charge < -0.3 is 19.7 Å². The van der Waals surface area contributed by atoms with Gasteiger partial charge in [0.25, 0.3) is 15.9 Å². The molecule has 0 saturated carbocycles. The summed E-state index contributed by atoms with van der Waals surface area (Å²) in [5, 5.41) is 12.4. The number of hydrogen-bond donors (Lipinski definition) is 2. The van der Waals surface area contributed by atoms with Crippen LogP contribution < -0.4 is 5.32 Å². The molecule has 0 aliphatic carbocycles. The van der Waals surface area contributed by atoms with Crippen LogP contribution in [-0.2, 0) is 32.7 Å². The maximum atomic E-state index is 13.3. The fraction of sp³-hybridized carbons (Fsp3) is 0.387. The van der Waals surface area contributed by atoms with E-state index in [4.69, 9.17) is 4.74 Å². The van der Waals surface area contributed by atoms with E-state index >= 15 is 0 Å². The van der Waals surface area contributed by atoms with Gasteiger partial charge in [0.2, 0.25) is 0 Å². The molecule has 10 nitrogen and oxygen atoms in total. The van der Waals surface area contributed by atoms with Crippen LogP contribution in [-0.4, -0.2) is 59.6 Å². The maximum absolute atomic E-state index is 13.3. The number of carbonyl (C=O) groups excluding carboxylic acids is 1. The van der Waals surface area contributed by atoms with Crippen molar-refractivity contribution < 1.29 is 27.9 Å². The molecule has 2 amide bonds. The molecule has 2 aromatic carbocycles. The second-order valence-electron chi connectivity index (χ2n) is 13.0. The molecule has 1 atom stereocenters. The number of nitrogens with one attached hydrogen (secondary N) is 1. The molecule has 44 heavy (non-hydrogen) atoms. The number of aromatic nitrogens is 2. The highest BCUT2D eigenvalue weighted by Gasteiger charge is 2.44. The van der Waals surface area contributed by atoms with Gasteiger partial charge in [0, 0.05) is 37.2 Å². The summed E-state index contributed by atoms with van der Waals surface area (Å²) in [6, 6.07) is 15.1. The molecule has 1 aromatic heterocycles. The van der Waals surface area contributed by atoms with Crippen molar-refractivity contribution in [2.75, 3.05) is 6.61 Å². The maximum Gasteiger partial charge on any atom is 0.405 e. The van der Waals surface area contributed by atoms with E-state index in [-0.39, 0.29) is 18.1 Å². The minimum Gasteiger partial charge on any atom is -0.465 e. The number of hydrogen-bond acceptors (Lipinski definition) is 6. The molecular weight excluding hydrogens is 664 g/mol. The molecule has 13 heteroatoms. The summed E-state index contributed by atoms with van der Waals surface area (Å²) in [5.41, 5.74) is 1.87. The highest BCUT2D eigenvalue weighted by molar-refractivity contribution is 9.10. The average molecular weight is 704 g/mol. The Kier molecular flexibility index (Phi) is 9.93. The average Bonchev–Trinajstić information content (AvgIpc) is 3.43. The fourth-order valence-corrected chi connectivity index (χ4v) is 8.46. The normalized spacial score (nSPS) is 15.8. The molecule has 3 aromatic rings. The van der Waals surface area contributed by atoms with E-state index in [0.717, 1.165) is 33.2 Å². The van der Waals surface area contributed by atoms with Crippen LogP contribution in [0.5, 0.6) is 0 Å². The van der Waals surface area contributed by atoms with E-state index in [1.54, 1.807) is 45.2 Å². The predicted octanol–water partition coefficient (Wildman–Crippen LogP) is 6.49. The second kappa shape index (κ2) is 13.0. The zero-order chi connectivity index (χ0) is 32.4. The molecule has 0 saturated heterocycles. The molecular formula is C31H39BrN4O6SSi. The smallest absolute Gasteiger partial charge is 0.405 e. The fourth-order valence-electron chi connectivity index (χ4n) is 5.02. The van der Waals surface area contributed by atoms with E-state index in [9.17, 15) is 23.1 Å². The molecule has 0 unspecified atom stereocenters. The molecule has 2 heterocycles. The number of imidazole rings is 1. The number of ether oxygens (including phenoxy) is 1. The van der Waals surface area contributed by atoms with Crippen LogP contribution in [0.3, 0.4) is 0 Å². The number of carboxylic acid groups (broad SMARTS) is 1. The lowest BCUT2D eigenvalue weighted by molar-refractivity contribution is -0.123. The molecule has 0 bridgehead atoms. The quantitative estimate of drug-likeness (QED) is 0.173. The predicted molar refractivity (Wildman–Crippen MR) is 177 cm³/mol. The van der Waals surface area contributed by atoms with Gasteiger partial charge in [-0.25, -0.2) is 22.5 Å². The topological polar surface area (TPSA) is 131 Å². The molecule has 1 aliphatic rings. The number of carbonyl (C=O) groups is 2. The van der Waals surface area contributed by atoms with E-state index in [2.05, 4.69) is 45.9 Å². The lowest BCUT2D eigenvalue weighted by Crippen LogP contribution is -2.45. The van der Waals surface area contributed by atoms with Gasteiger partial charge in [0.05, 0.1) is 23.5 Å². The van der Waals surface area contributed by atoms with Crippen LogP contribution in [0.4, 0.5) is 4.79 Å². The monoisotopic (exact) mass is 702 g/mol. The summed E-state index contributed by atoms with van der Waals surface area (Å²) in [6.07, 6.45) is 1.88. The Labute approximate surface area is 268 Å². The summed E-state index contributed by atoms with van der Waals surface area (Å²) in [6.45, 7) is 12.6. The van der Waals surface area contributed by atoms with Crippen molar-refractivity contribution >= 4 is 50.9 Å². The van der Waals surface area contributed by atoms with Crippen molar-refractivity contribution in [1.29, 1.82) is 0 Å². The standard InChI is InChI=1S/C31H39BrN4O6SSi/c1-31(2,3)36-28(37)18-27(43(36,40)41)23-13-12-21(16-24(23)32)17-25(34-30(38)39)29-33-19-26(22-10-8-7-9-11-22)35(29)20-42-14-15-44(4,5)6/h7-13,16,18-19,25,34H,14-15,17,20H2,1-6H3,(H,38,39)/t25-/m0/s1. The van der Waals surface area contributed by atoms with Crippen LogP contribution in [0.25, 0.3) is 16.2 Å². The second-order valence-corrected chi connectivity index (χ2v) is 21.2. The van der Waals surface area contributed by atoms with Gasteiger partial charge in [-0.15, -0.1) is 0 Å². The number of halogens is 1. The molecule has 0 radical (unpaired) electrons. The first kappa shape index (κ1) is 33.6. The van der Waals surface area contributed by atoms with E-state index in [0.29, 0.717) is 22.5 Å². The SMILES string of the molecule is CC(C)(C)N1C(=O)C=C(c2ccc(C[C@H](NC(=O)O)c3ncc(-c4ccccc4)n3COCC[Si](C)(C)C)cc2Br)S1(=O)=O. The van der Waals surface area contributed by atoms with E-state index in [1.807, 2.05) is 34.9 Å². The Morgan fingerprint density at radius 3 is 2.39 bits per heavy atom. The zero-order valence-corrected chi connectivity index (χ0v) is 29.2. The van der Waals surface area contributed by atoms with Gasteiger partial charge >= 0.3 is 6.09 Å². The van der Waals surface area contributed by atoms with Crippen LogP contribution >= 0.6 is 15.9 Å². The molecule has 2 N–H and O–H groups in total. The summed E-state index contributed by atoms with van der Waals surface area (Å²) in [7, 11) is -5.37. The largest absolute Gasteiger partial charge is 0.465 e. The Morgan fingerprint density at radius 1 is 1.14 bits per heavy atom. The third-order valence-electron chi connectivity index (χ3n) is 7.10. The third kappa shape index (κ3) is 7.68. The van der Waals surface area contributed by atoms with E-state index in [1.165, 1.54) is 0 Å². The van der Waals surface area contributed by atoms with Gasteiger partial charge in [-0.05, 0) is 44.0 Å². The van der Waals surface area contributed by atoms with Crippen LogP contribution in [0.2, 0.25) is 25.7 Å². The number of rotatable bonds is 11. The molecule has 4 rings (SSSR count). The summed E-state index contributed by atoms with van der Waals surface area (Å²) in [5.74, 6) is -0.103. The van der Waals surface area contributed by atoms with Crippen molar-refractivity contribution in [3.63, 3.8) is 0 Å². The Morgan fingerprint density at radius 2 is 1.82 bits per heavy atom. The zero-order valence-electron chi connectivity index (χ0n) is 25.8. The van der Waals surface area contributed by atoms with E-state index < -0.39 is 41.7 Å². The number of amides is 2. The highest BCUT2D eigenvalue weighted by atomic mass is 79.9. The highest BCUT2D eigenvalue weighted by Crippen LogP contribution is 2.39.